The summed E-state index contributed by atoms with van der Waals surface area (Å²) in [6.07, 6.45) is 10.3. The molecule has 4 aromatic carbocycles. The number of unbranched alkanes of at least 4 members (excludes halogenated alkanes) is 16. The van der Waals surface area contributed by atoms with Crippen molar-refractivity contribution in [2.45, 2.75) is 361 Å². The summed E-state index contributed by atoms with van der Waals surface area (Å²) in [6, 6.07) is 35.0. The standard InChI is InChI=1S/C60H88O12.C40H48O11.C6H12O/c1-10-11-12-13-14-15-16-17-18-19-20-21-22-23-24-31-36-67-44(6)69-51(40(2)45-32-27-25-28-33-45)56(65)70-47-38-60(66)54(71-55(64)46-34-29-26-30-35-46)52-58(9,53(63)42(4)50(41(47)3)57(60,7)8)48(62)37-49-59(52,39-68-49)72-43(5)61;1-21(25-14-10-8-11-15-25)31(43)36(46)49-27-19-40(47)34(50-35(45)26-16-12-9-13-17-26)32-38(7,33(44)23(3)30(22(27)2)37(40,5)6)28(42)18-29-39(32,20-48-29)51-24(4)41;1-3-5-6-7-4-2/h25-30,32-35,40,42,44,47-49,51-52,54,62,66H,10-24,31,36-39H2,1-9H3;8-17,21,23,27-29,31-32,34,42-43,47H,18-20H2,1-7H3;4H,2-3,5-6H2,1H3/t40-,42+,44?,47-,48-,49+,51+,52-,54-,58+,59-,60+;21-,23+,27-,28-,29+,31+,32-,34-,38+,39-,40+;/m00./s1. The molecule has 0 radical (unpaired) electrons. The molecule has 24 heteroatoms. The molecule has 130 heavy (non-hydrogen) atoms. The van der Waals surface area contributed by atoms with E-state index in [9.17, 15) is 54.3 Å². The lowest BCUT2D eigenvalue weighted by atomic mass is 9.43. The van der Waals surface area contributed by atoms with Crippen LogP contribution in [0.15, 0.2) is 156 Å². The number of esters is 6. The Morgan fingerprint density at radius 2 is 0.846 bits per heavy atom. The number of ketones is 2. The average Bonchev–Trinajstić information content (AvgIpc) is 0.672. The van der Waals surface area contributed by atoms with Crippen molar-refractivity contribution >= 4 is 47.4 Å². The van der Waals surface area contributed by atoms with E-state index in [2.05, 4.69) is 20.4 Å². The monoisotopic (exact) mass is 1810 g/mol. The van der Waals surface area contributed by atoms with Gasteiger partial charge in [0.1, 0.15) is 59.4 Å². The zero-order valence-corrected chi connectivity index (χ0v) is 80.0. The number of ether oxygens (including phenoxy) is 11. The third-order valence-electron chi connectivity index (χ3n) is 30.4. The smallest absolute Gasteiger partial charge is 0.338 e. The van der Waals surface area contributed by atoms with Gasteiger partial charge in [-0.25, -0.2) is 19.2 Å². The summed E-state index contributed by atoms with van der Waals surface area (Å²) >= 11 is 0. The van der Waals surface area contributed by atoms with Gasteiger partial charge in [0.05, 0.1) is 72.1 Å². The van der Waals surface area contributed by atoms with Crippen LogP contribution in [0, 0.1) is 45.3 Å². The molecule has 0 aromatic heterocycles. The second-order valence-electron chi connectivity index (χ2n) is 39.4. The fraction of sp³-hybridized carbons (Fsp3) is 0.642. The van der Waals surface area contributed by atoms with Crippen LogP contribution in [0.3, 0.4) is 0 Å². The fourth-order valence-corrected chi connectivity index (χ4v) is 22.9. The molecule has 5 N–H and O–H groups in total. The molecule has 0 amide bonds. The SMILES string of the molecule is C=COCCCC.CC(=O)O[C@@]12CO[C@@H]1C[C@H](O)[C@@]1(C)C(=O)[C@H](C)C3=C(C)[C@@H](OC(=O)[C@H](O)[C@@H](C)c4ccccc4)C[C@@](O)([C@@H](OC(=O)c4ccccc4)[C@H]21)C3(C)C.CCCCCCCCCCCCCCCCCCOC(C)O[C@@H](C(=O)O[C@H]1C[C@@]2(O)[C@@H](OC(=O)c3ccccc3)[C@@H]3[C@]4(OC(C)=O)CO[C@@H]4C[C@H](O)[C@@]3(C)C(=O)[C@H](C)C(=C1C)C2(C)C)[C@@H](C)c1ccccc1. The number of rotatable bonds is 38. The van der Waals surface area contributed by atoms with Crippen LogP contribution in [0.2, 0.25) is 0 Å². The first-order valence-electron chi connectivity index (χ1n) is 47.8. The van der Waals surface area contributed by atoms with E-state index < -0.39 is 189 Å². The van der Waals surface area contributed by atoms with Gasteiger partial charge in [-0.3, -0.25) is 19.2 Å². The lowest BCUT2D eigenvalue weighted by Crippen LogP contribution is -2.81. The predicted octanol–water partition coefficient (Wildman–Crippen LogP) is 17.7. The van der Waals surface area contributed by atoms with E-state index in [0.717, 1.165) is 43.4 Å². The highest BCUT2D eigenvalue weighted by molar-refractivity contribution is 5.94. The molecule has 4 bridgehead atoms. The number of benzene rings is 4. The number of aliphatic hydroxyl groups excluding tert-OH is 3. The van der Waals surface area contributed by atoms with Gasteiger partial charge in [0.25, 0.3) is 0 Å². The van der Waals surface area contributed by atoms with Gasteiger partial charge in [0.15, 0.2) is 29.7 Å². The summed E-state index contributed by atoms with van der Waals surface area (Å²) < 4.78 is 67.1. The molecule has 2 heterocycles. The van der Waals surface area contributed by atoms with Crippen molar-refractivity contribution in [1.29, 1.82) is 0 Å². The number of Topliss-reactive ketones (excluding diaryl/α,β-unsaturated/α-hetero) is 2. The lowest BCUT2D eigenvalue weighted by Gasteiger charge is -2.67. The van der Waals surface area contributed by atoms with Crippen LogP contribution < -0.4 is 0 Å². The van der Waals surface area contributed by atoms with Crippen LogP contribution in [0.1, 0.15) is 303 Å². The maximum atomic E-state index is 15.4. The average molecular weight is 1810 g/mol. The molecular formula is C106H148O24. The third-order valence-corrected chi connectivity index (χ3v) is 30.4. The molecule has 1 unspecified atom stereocenters. The largest absolute Gasteiger partial charge is 0.502 e. The quantitative estimate of drug-likeness (QED) is 0.00695. The van der Waals surface area contributed by atoms with Crippen molar-refractivity contribution < 1.29 is 116 Å². The molecule has 6 fully saturated rings. The Labute approximate surface area is 770 Å². The molecule has 2 aliphatic heterocycles. The van der Waals surface area contributed by atoms with Gasteiger partial charge < -0.3 is 77.6 Å². The highest BCUT2D eigenvalue weighted by atomic mass is 16.7. The van der Waals surface area contributed by atoms with E-state index in [1.165, 1.54) is 110 Å². The van der Waals surface area contributed by atoms with Crippen molar-refractivity contribution in [2.24, 2.45) is 45.3 Å². The predicted molar refractivity (Wildman–Crippen MR) is 491 cm³/mol. The van der Waals surface area contributed by atoms with Crippen LogP contribution in [0.25, 0.3) is 0 Å². The summed E-state index contributed by atoms with van der Waals surface area (Å²) in [5.41, 5.74) is -9.31. The third kappa shape index (κ3) is 21.4. The van der Waals surface area contributed by atoms with E-state index in [4.69, 9.17) is 52.1 Å². The highest BCUT2D eigenvalue weighted by Gasteiger charge is 2.80. The molecule has 6 aliphatic carbocycles. The van der Waals surface area contributed by atoms with Crippen molar-refractivity contribution in [3.63, 3.8) is 0 Å². The maximum absolute atomic E-state index is 15.4. The van der Waals surface area contributed by atoms with Gasteiger partial charge in [0.2, 0.25) is 0 Å². The summed E-state index contributed by atoms with van der Waals surface area (Å²) in [6.45, 7) is 33.9. The zero-order valence-electron chi connectivity index (χ0n) is 80.0. The van der Waals surface area contributed by atoms with Crippen LogP contribution in [0.4, 0.5) is 0 Å². The van der Waals surface area contributed by atoms with Crippen molar-refractivity contribution in [3.05, 3.63) is 179 Å². The number of carbonyl (C=O) groups is 8. The molecule has 8 aliphatic rings. The second-order valence-corrected chi connectivity index (χ2v) is 39.4. The van der Waals surface area contributed by atoms with E-state index in [-0.39, 0.29) is 55.8 Å². The first-order valence-corrected chi connectivity index (χ1v) is 47.8. The van der Waals surface area contributed by atoms with Crippen LogP contribution in [0.5, 0.6) is 0 Å². The zero-order chi connectivity index (χ0) is 95.1. The number of carbonyl (C=O) groups excluding carboxylic acids is 8. The molecule has 716 valence electrons. The second kappa shape index (κ2) is 44.7. The normalized spacial score (nSPS) is 31.3. The Hall–Kier alpha value is -8.30. The summed E-state index contributed by atoms with van der Waals surface area (Å²) in [5.74, 6) is -10.9. The summed E-state index contributed by atoms with van der Waals surface area (Å²) in [4.78, 5) is 113. The number of fused-ring (bicyclic) bond motifs is 10. The first-order chi connectivity index (χ1) is 61.7. The maximum Gasteiger partial charge on any atom is 0.338 e. The molecule has 12 rings (SSSR count). The van der Waals surface area contributed by atoms with Crippen molar-refractivity contribution in [1.82, 2.24) is 0 Å². The van der Waals surface area contributed by atoms with Gasteiger partial charge in [0, 0.05) is 80.6 Å². The number of hydrogen-bond donors (Lipinski definition) is 5. The minimum Gasteiger partial charge on any atom is -0.502 e. The van der Waals surface area contributed by atoms with E-state index in [1.54, 1.807) is 168 Å². The molecule has 4 saturated carbocycles. The summed E-state index contributed by atoms with van der Waals surface area (Å²) in [7, 11) is 0. The van der Waals surface area contributed by atoms with Gasteiger partial charge >= 0.3 is 35.8 Å². The van der Waals surface area contributed by atoms with Crippen molar-refractivity contribution in [3.8, 4) is 0 Å². The Bertz CT molecular complexity index is 4550. The van der Waals surface area contributed by atoms with E-state index in [1.807, 2.05) is 43.3 Å². The van der Waals surface area contributed by atoms with Gasteiger partial charge in [-0.1, -0.05) is 276 Å². The minimum atomic E-state index is -2.09. The van der Waals surface area contributed by atoms with E-state index >= 15 is 9.59 Å². The number of hydrogen-bond acceptors (Lipinski definition) is 24. The Balaban J connectivity index is 0.000000263. The van der Waals surface area contributed by atoms with Gasteiger partial charge in [-0.15, -0.1) is 0 Å². The molecule has 2 saturated heterocycles. The van der Waals surface area contributed by atoms with Crippen molar-refractivity contribution in [2.75, 3.05) is 26.4 Å². The Kier molecular flexibility index (Phi) is 35.7. The Morgan fingerprint density at radius 1 is 0.492 bits per heavy atom. The molecule has 24 nitrogen and oxygen atoms in total. The molecule has 23 atom stereocenters. The van der Waals surface area contributed by atoms with Crippen LogP contribution >= 0.6 is 0 Å². The molecule has 0 spiro atoms. The number of aliphatic hydroxyl groups is 5. The van der Waals surface area contributed by atoms with Gasteiger partial charge in [-0.05, 0) is 105 Å². The van der Waals surface area contributed by atoms with Crippen LogP contribution in [-0.4, -0.2) is 189 Å². The van der Waals surface area contributed by atoms with Gasteiger partial charge in [-0.2, -0.15) is 0 Å². The van der Waals surface area contributed by atoms with E-state index in [0.29, 0.717) is 28.9 Å². The molecule has 4 aromatic rings. The summed E-state index contributed by atoms with van der Waals surface area (Å²) in [5, 5.41) is 62.3. The first kappa shape index (κ1) is 104. The highest BCUT2D eigenvalue weighted by Crippen LogP contribution is 2.68. The fourth-order valence-electron chi connectivity index (χ4n) is 22.9. The molecular weight excluding hydrogens is 1660 g/mol. The topological polar surface area (TPSA) is 339 Å². The minimum absolute atomic E-state index is 0.0270. The Morgan fingerprint density at radius 3 is 1.20 bits per heavy atom. The lowest BCUT2D eigenvalue weighted by molar-refractivity contribution is -0.345. The van der Waals surface area contributed by atoms with Crippen LogP contribution in [-0.2, 0) is 80.9 Å².